The molecule has 2 N–H and O–H groups in total. The predicted octanol–water partition coefficient (Wildman–Crippen LogP) is 2.33. The maximum absolute atomic E-state index is 11.9. The van der Waals surface area contributed by atoms with E-state index < -0.39 is 22.6 Å². The van der Waals surface area contributed by atoms with Crippen LogP contribution in [0.1, 0.15) is 30.4 Å². The van der Waals surface area contributed by atoms with Crippen molar-refractivity contribution in [2.45, 2.75) is 37.8 Å². The average molecular weight is 325 g/mol. The van der Waals surface area contributed by atoms with E-state index >= 15 is 0 Å². The minimum atomic E-state index is -4.20. The summed E-state index contributed by atoms with van der Waals surface area (Å²) in [6.07, 6.45) is -5.09. The number of sulfonamides is 1. The standard InChI is InChI=1S/C13H18F3NO3S/c14-13(15,16)6-1-2-7-17-21(19,20)10-12-5-3-4-11(8-12)9-18/h3-5,8,17-18H,1-2,6-7,9-10H2. The Balaban J connectivity index is 2.40. The summed E-state index contributed by atoms with van der Waals surface area (Å²) >= 11 is 0. The van der Waals surface area contributed by atoms with Crippen LogP contribution in [0.5, 0.6) is 0 Å². The Hall–Kier alpha value is -1.12. The molecule has 0 radical (unpaired) electrons. The summed E-state index contributed by atoms with van der Waals surface area (Å²) in [5, 5.41) is 8.97. The molecular formula is C13H18F3NO3S. The summed E-state index contributed by atoms with van der Waals surface area (Å²) < 4.78 is 61.6. The van der Waals surface area contributed by atoms with Gasteiger partial charge >= 0.3 is 6.18 Å². The number of aliphatic hydroxyl groups excluding tert-OH is 1. The summed E-state index contributed by atoms with van der Waals surface area (Å²) in [6.45, 7) is -0.198. The molecule has 0 fully saturated rings. The summed E-state index contributed by atoms with van der Waals surface area (Å²) in [6, 6.07) is 6.49. The zero-order chi connectivity index (χ0) is 15.9. The molecule has 0 bridgehead atoms. The Bertz CT molecular complexity index is 544. The quantitative estimate of drug-likeness (QED) is 0.721. The summed E-state index contributed by atoms with van der Waals surface area (Å²) in [7, 11) is -3.59. The highest BCUT2D eigenvalue weighted by Gasteiger charge is 2.25. The molecule has 0 aliphatic rings. The van der Waals surface area contributed by atoms with Crippen LogP contribution >= 0.6 is 0 Å². The van der Waals surface area contributed by atoms with Crippen molar-refractivity contribution < 1.29 is 26.7 Å². The summed E-state index contributed by atoms with van der Waals surface area (Å²) in [5.41, 5.74) is 1.12. The molecule has 4 nitrogen and oxygen atoms in total. The van der Waals surface area contributed by atoms with E-state index in [9.17, 15) is 21.6 Å². The van der Waals surface area contributed by atoms with Gasteiger partial charge in [-0.3, -0.25) is 0 Å². The molecule has 120 valence electrons. The van der Waals surface area contributed by atoms with Crippen molar-refractivity contribution in [1.29, 1.82) is 0 Å². The van der Waals surface area contributed by atoms with E-state index in [0.717, 1.165) is 0 Å². The second-order valence-corrected chi connectivity index (χ2v) is 6.51. The van der Waals surface area contributed by atoms with Crippen molar-refractivity contribution in [2.75, 3.05) is 6.54 Å². The molecule has 0 atom stereocenters. The van der Waals surface area contributed by atoms with E-state index in [0.29, 0.717) is 11.1 Å². The van der Waals surface area contributed by atoms with E-state index in [1.807, 2.05) is 0 Å². The summed E-state index contributed by atoms with van der Waals surface area (Å²) in [5.74, 6) is -0.264. The van der Waals surface area contributed by atoms with Crippen molar-refractivity contribution in [3.63, 3.8) is 0 Å². The fourth-order valence-electron chi connectivity index (χ4n) is 1.77. The molecule has 0 aliphatic carbocycles. The van der Waals surface area contributed by atoms with Gasteiger partial charge in [0.15, 0.2) is 0 Å². The van der Waals surface area contributed by atoms with Crippen molar-refractivity contribution in [2.24, 2.45) is 0 Å². The zero-order valence-electron chi connectivity index (χ0n) is 11.4. The molecule has 1 rings (SSSR count). The van der Waals surface area contributed by atoms with E-state index in [1.54, 1.807) is 24.3 Å². The number of nitrogens with one attached hydrogen (secondary N) is 1. The normalized spacial score (nSPS) is 12.6. The molecule has 0 amide bonds. The van der Waals surface area contributed by atoms with Gasteiger partial charge < -0.3 is 5.11 Å². The fourth-order valence-corrected chi connectivity index (χ4v) is 2.94. The van der Waals surface area contributed by atoms with Gasteiger partial charge in [-0.2, -0.15) is 13.2 Å². The Morgan fingerprint density at radius 1 is 1.14 bits per heavy atom. The van der Waals surface area contributed by atoms with Crippen LogP contribution in [0.2, 0.25) is 0 Å². The molecule has 8 heteroatoms. The first kappa shape index (κ1) is 17.9. The van der Waals surface area contributed by atoms with Crippen LogP contribution in [0, 0.1) is 0 Å². The Labute approximate surface area is 122 Å². The predicted molar refractivity (Wildman–Crippen MR) is 72.9 cm³/mol. The van der Waals surface area contributed by atoms with Crippen molar-refractivity contribution >= 4 is 10.0 Å². The SMILES string of the molecule is O=S(=O)(Cc1cccc(CO)c1)NCCCCC(F)(F)F. The third kappa shape index (κ3) is 8.03. The molecule has 0 saturated carbocycles. The number of hydrogen-bond donors (Lipinski definition) is 2. The van der Waals surface area contributed by atoms with Crippen molar-refractivity contribution in [3.8, 4) is 0 Å². The Morgan fingerprint density at radius 3 is 2.43 bits per heavy atom. The number of hydrogen-bond acceptors (Lipinski definition) is 3. The second kappa shape index (κ2) is 7.77. The lowest BCUT2D eigenvalue weighted by molar-refractivity contribution is -0.135. The van der Waals surface area contributed by atoms with Crippen LogP contribution in [-0.2, 0) is 22.4 Å². The van der Waals surface area contributed by atoms with Crippen LogP contribution in [0.15, 0.2) is 24.3 Å². The molecule has 0 unspecified atom stereocenters. The van der Waals surface area contributed by atoms with Gasteiger partial charge in [0.05, 0.1) is 12.4 Å². The first-order chi connectivity index (χ1) is 9.72. The number of unbranched alkanes of at least 4 members (excludes halogenated alkanes) is 1. The average Bonchev–Trinajstić information content (AvgIpc) is 2.36. The van der Waals surface area contributed by atoms with Gasteiger partial charge in [0.25, 0.3) is 0 Å². The van der Waals surface area contributed by atoms with Crippen molar-refractivity contribution in [1.82, 2.24) is 4.72 Å². The lowest BCUT2D eigenvalue weighted by atomic mass is 10.1. The van der Waals surface area contributed by atoms with Gasteiger partial charge in [-0.1, -0.05) is 24.3 Å². The molecule has 0 spiro atoms. The monoisotopic (exact) mass is 325 g/mol. The minimum absolute atomic E-state index is 0.0158. The molecule has 0 heterocycles. The number of halogens is 3. The molecule has 0 saturated heterocycles. The lowest BCUT2D eigenvalue weighted by Crippen LogP contribution is -2.26. The van der Waals surface area contributed by atoms with E-state index in [1.165, 1.54) is 0 Å². The van der Waals surface area contributed by atoms with Crippen LogP contribution in [0.25, 0.3) is 0 Å². The van der Waals surface area contributed by atoms with Gasteiger partial charge in [-0.05, 0) is 24.0 Å². The largest absolute Gasteiger partial charge is 0.392 e. The summed E-state index contributed by atoms with van der Waals surface area (Å²) in [4.78, 5) is 0. The number of benzene rings is 1. The van der Waals surface area contributed by atoms with Gasteiger partial charge in [0.1, 0.15) is 0 Å². The lowest BCUT2D eigenvalue weighted by Gasteiger charge is -2.08. The highest BCUT2D eigenvalue weighted by atomic mass is 32.2. The zero-order valence-corrected chi connectivity index (χ0v) is 12.2. The highest BCUT2D eigenvalue weighted by molar-refractivity contribution is 7.88. The molecule has 1 aromatic rings. The maximum atomic E-state index is 11.9. The number of alkyl halides is 3. The van der Waals surface area contributed by atoms with Crippen LogP contribution in [0.4, 0.5) is 13.2 Å². The van der Waals surface area contributed by atoms with Crippen LogP contribution in [0.3, 0.4) is 0 Å². The molecule has 1 aromatic carbocycles. The molecule has 21 heavy (non-hydrogen) atoms. The van der Waals surface area contributed by atoms with Gasteiger partial charge in [0, 0.05) is 13.0 Å². The number of aliphatic hydroxyl groups is 1. The van der Waals surface area contributed by atoms with Gasteiger partial charge in [-0.15, -0.1) is 0 Å². The maximum Gasteiger partial charge on any atom is 0.389 e. The second-order valence-electron chi connectivity index (χ2n) is 4.70. The molecule has 0 aromatic heterocycles. The first-order valence-corrected chi connectivity index (χ1v) is 8.10. The molecule has 0 aliphatic heterocycles. The molecular weight excluding hydrogens is 307 g/mol. The van der Waals surface area contributed by atoms with E-state index in [2.05, 4.69) is 4.72 Å². The third-order valence-corrected chi connectivity index (χ3v) is 4.10. The van der Waals surface area contributed by atoms with E-state index in [4.69, 9.17) is 5.11 Å². The van der Waals surface area contributed by atoms with Crippen molar-refractivity contribution in [3.05, 3.63) is 35.4 Å². The van der Waals surface area contributed by atoms with Crippen LogP contribution < -0.4 is 4.72 Å². The smallest absolute Gasteiger partial charge is 0.389 e. The Kier molecular flexibility index (Phi) is 6.63. The topological polar surface area (TPSA) is 66.4 Å². The fraction of sp³-hybridized carbons (Fsp3) is 0.538. The van der Waals surface area contributed by atoms with Crippen LogP contribution in [-0.4, -0.2) is 26.2 Å². The third-order valence-electron chi connectivity index (χ3n) is 2.74. The van der Waals surface area contributed by atoms with Gasteiger partial charge in [-0.25, -0.2) is 13.1 Å². The number of rotatable bonds is 8. The van der Waals surface area contributed by atoms with E-state index in [-0.39, 0.29) is 31.7 Å². The minimum Gasteiger partial charge on any atom is -0.392 e. The van der Waals surface area contributed by atoms with Gasteiger partial charge in [0.2, 0.25) is 10.0 Å². The highest BCUT2D eigenvalue weighted by Crippen LogP contribution is 2.21. The first-order valence-electron chi connectivity index (χ1n) is 6.44. The Morgan fingerprint density at radius 2 is 1.81 bits per heavy atom.